The van der Waals surface area contributed by atoms with E-state index in [1.165, 1.54) is 30.5 Å². The van der Waals surface area contributed by atoms with Crippen LogP contribution in [0.2, 0.25) is 0 Å². The van der Waals surface area contributed by atoms with E-state index < -0.39 is 0 Å². The molecular formula is C17H16N2O3. The van der Waals surface area contributed by atoms with Gasteiger partial charge >= 0.3 is 0 Å². The summed E-state index contributed by atoms with van der Waals surface area (Å²) < 4.78 is 5.37. The molecule has 0 fully saturated rings. The molecule has 0 aliphatic carbocycles. The van der Waals surface area contributed by atoms with Gasteiger partial charge in [-0.25, -0.2) is 5.43 Å². The molecule has 0 aromatic heterocycles. The van der Waals surface area contributed by atoms with Crippen LogP contribution in [0.15, 0.2) is 66.3 Å². The summed E-state index contributed by atoms with van der Waals surface area (Å²) in [7, 11) is 0. The summed E-state index contributed by atoms with van der Waals surface area (Å²) in [5.74, 6) is 0.506. The van der Waals surface area contributed by atoms with Gasteiger partial charge < -0.3 is 9.84 Å². The highest BCUT2D eigenvalue weighted by molar-refractivity contribution is 5.94. The normalized spacial score (nSPS) is 10.4. The summed E-state index contributed by atoms with van der Waals surface area (Å²) in [4.78, 5) is 11.8. The van der Waals surface area contributed by atoms with Gasteiger partial charge in [0.2, 0.25) is 0 Å². The molecule has 2 aromatic carbocycles. The topological polar surface area (TPSA) is 70.9 Å². The number of nitrogens with zero attached hydrogens (tertiary/aromatic N) is 1. The highest BCUT2D eigenvalue weighted by atomic mass is 16.5. The molecule has 2 N–H and O–H groups in total. The van der Waals surface area contributed by atoms with Gasteiger partial charge in [-0.2, -0.15) is 5.10 Å². The zero-order valence-corrected chi connectivity index (χ0v) is 11.9. The first kappa shape index (κ1) is 15.3. The number of nitrogens with one attached hydrogen (secondary N) is 1. The number of hydrogen-bond acceptors (Lipinski definition) is 4. The molecule has 0 atom stereocenters. The molecule has 0 heterocycles. The van der Waals surface area contributed by atoms with E-state index in [0.29, 0.717) is 12.2 Å². The molecule has 0 aliphatic rings. The third-order valence-corrected chi connectivity index (χ3v) is 2.76. The molecular weight excluding hydrogens is 280 g/mol. The van der Waals surface area contributed by atoms with Crippen molar-refractivity contribution in [3.63, 3.8) is 0 Å². The first-order valence-corrected chi connectivity index (χ1v) is 6.65. The van der Waals surface area contributed by atoms with E-state index >= 15 is 0 Å². The van der Waals surface area contributed by atoms with Gasteiger partial charge in [-0.15, -0.1) is 0 Å². The summed E-state index contributed by atoms with van der Waals surface area (Å²) in [6.07, 6.45) is 3.21. The molecule has 2 aromatic rings. The summed E-state index contributed by atoms with van der Waals surface area (Å²) in [5.41, 5.74) is 3.67. The van der Waals surface area contributed by atoms with Crippen molar-refractivity contribution in [2.45, 2.75) is 0 Å². The highest BCUT2D eigenvalue weighted by Crippen LogP contribution is 2.11. The first-order chi connectivity index (χ1) is 10.7. The molecule has 5 nitrogen and oxygen atoms in total. The minimum Gasteiger partial charge on any atom is -0.508 e. The maximum atomic E-state index is 11.8. The Balaban J connectivity index is 1.90. The summed E-state index contributed by atoms with van der Waals surface area (Å²) in [6.45, 7) is 4.03. The molecule has 22 heavy (non-hydrogen) atoms. The highest BCUT2D eigenvalue weighted by Gasteiger charge is 2.03. The standard InChI is InChI=1S/C17H16N2O3/c1-2-11-22-16-9-3-13(4-10-16)12-18-19-17(21)14-5-7-15(20)8-6-14/h2-10,12,20H,1,11H2,(H,19,21)/b18-12-. The van der Waals surface area contributed by atoms with E-state index in [1.807, 2.05) is 24.3 Å². The van der Waals surface area contributed by atoms with E-state index in [-0.39, 0.29) is 11.7 Å². The van der Waals surface area contributed by atoms with Crippen molar-refractivity contribution in [3.8, 4) is 11.5 Å². The Kier molecular flexibility index (Phi) is 5.31. The number of phenols is 1. The van der Waals surface area contributed by atoms with Gasteiger partial charge in [0.1, 0.15) is 18.1 Å². The number of rotatable bonds is 6. The van der Waals surface area contributed by atoms with Crippen LogP contribution in [-0.4, -0.2) is 23.8 Å². The van der Waals surface area contributed by atoms with Crippen LogP contribution in [-0.2, 0) is 0 Å². The SMILES string of the molecule is C=CCOc1ccc(/C=N\NC(=O)c2ccc(O)cc2)cc1. The molecule has 0 unspecified atom stereocenters. The summed E-state index contributed by atoms with van der Waals surface area (Å²) in [5, 5.41) is 13.1. The number of phenolic OH excluding ortho intramolecular Hbond substituents is 1. The molecule has 0 aliphatic heterocycles. The number of amides is 1. The Morgan fingerprint density at radius 1 is 1.18 bits per heavy atom. The van der Waals surface area contributed by atoms with E-state index in [0.717, 1.165) is 11.3 Å². The van der Waals surface area contributed by atoms with Crippen molar-refractivity contribution in [2.24, 2.45) is 5.10 Å². The van der Waals surface area contributed by atoms with Crippen LogP contribution >= 0.6 is 0 Å². The lowest BCUT2D eigenvalue weighted by atomic mass is 10.2. The van der Waals surface area contributed by atoms with Crippen LogP contribution in [0.25, 0.3) is 0 Å². The Bertz CT molecular complexity index is 661. The van der Waals surface area contributed by atoms with E-state index in [9.17, 15) is 4.79 Å². The molecule has 0 saturated heterocycles. The Morgan fingerprint density at radius 2 is 1.86 bits per heavy atom. The van der Waals surface area contributed by atoms with Crippen molar-refractivity contribution < 1.29 is 14.6 Å². The largest absolute Gasteiger partial charge is 0.508 e. The molecule has 0 saturated carbocycles. The maximum absolute atomic E-state index is 11.8. The minimum atomic E-state index is -0.345. The zero-order valence-electron chi connectivity index (χ0n) is 11.9. The molecule has 0 radical (unpaired) electrons. The predicted molar refractivity (Wildman–Crippen MR) is 85.3 cm³/mol. The van der Waals surface area contributed by atoms with Gasteiger partial charge in [-0.3, -0.25) is 4.79 Å². The van der Waals surface area contributed by atoms with Crippen molar-refractivity contribution >= 4 is 12.1 Å². The number of aromatic hydroxyl groups is 1. The number of hydrazone groups is 1. The average Bonchev–Trinajstić information content (AvgIpc) is 2.54. The summed E-state index contributed by atoms with van der Waals surface area (Å²) >= 11 is 0. The van der Waals surface area contributed by atoms with Gasteiger partial charge in [0.15, 0.2) is 0 Å². The number of hydrogen-bond donors (Lipinski definition) is 2. The van der Waals surface area contributed by atoms with E-state index in [1.54, 1.807) is 6.08 Å². The molecule has 5 heteroatoms. The van der Waals surface area contributed by atoms with Crippen molar-refractivity contribution in [1.29, 1.82) is 0 Å². The van der Waals surface area contributed by atoms with Gasteiger partial charge in [0, 0.05) is 5.56 Å². The number of carbonyl (C=O) groups is 1. The quantitative estimate of drug-likeness (QED) is 0.489. The lowest BCUT2D eigenvalue weighted by molar-refractivity contribution is 0.0955. The van der Waals surface area contributed by atoms with Crippen LogP contribution in [0.5, 0.6) is 11.5 Å². The molecule has 0 spiro atoms. The summed E-state index contributed by atoms with van der Waals surface area (Å²) in [6, 6.07) is 13.2. The van der Waals surface area contributed by atoms with E-state index in [2.05, 4.69) is 17.1 Å². The lowest BCUT2D eigenvalue weighted by Gasteiger charge is -2.03. The van der Waals surface area contributed by atoms with Crippen LogP contribution in [0, 0.1) is 0 Å². The van der Waals surface area contributed by atoms with E-state index in [4.69, 9.17) is 9.84 Å². The van der Waals surface area contributed by atoms with Gasteiger partial charge in [-0.05, 0) is 54.1 Å². The van der Waals surface area contributed by atoms with Crippen molar-refractivity contribution in [1.82, 2.24) is 5.43 Å². The number of carbonyl (C=O) groups excluding carboxylic acids is 1. The molecule has 0 bridgehead atoms. The van der Waals surface area contributed by atoms with Crippen LogP contribution in [0.3, 0.4) is 0 Å². The second-order valence-corrected chi connectivity index (χ2v) is 4.41. The Hall–Kier alpha value is -3.08. The fraction of sp³-hybridized carbons (Fsp3) is 0.0588. The monoisotopic (exact) mass is 296 g/mol. The molecule has 1 amide bonds. The van der Waals surface area contributed by atoms with Crippen molar-refractivity contribution in [3.05, 3.63) is 72.3 Å². The number of benzene rings is 2. The first-order valence-electron chi connectivity index (χ1n) is 6.65. The molecule has 2 rings (SSSR count). The fourth-order valence-electron chi connectivity index (χ4n) is 1.65. The third kappa shape index (κ3) is 4.49. The van der Waals surface area contributed by atoms with Crippen LogP contribution in [0.1, 0.15) is 15.9 Å². The predicted octanol–water partition coefficient (Wildman–Crippen LogP) is 2.72. The van der Waals surface area contributed by atoms with Crippen molar-refractivity contribution in [2.75, 3.05) is 6.61 Å². The van der Waals surface area contributed by atoms with Gasteiger partial charge in [0.05, 0.1) is 6.21 Å². The Labute approximate surface area is 128 Å². The fourth-order valence-corrected chi connectivity index (χ4v) is 1.65. The van der Waals surface area contributed by atoms with Crippen LogP contribution < -0.4 is 10.2 Å². The maximum Gasteiger partial charge on any atom is 0.271 e. The average molecular weight is 296 g/mol. The zero-order chi connectivity index (χ0) is 15.8. The second kappa shape index (κ2) is 7.64. The molecule has 112 valence electrons. The smallest absolute Gasteiger partial charge is 0.271 e. The van der Waals surface area contributed by atoms with Gasteiger partial charge in [0.25, 0.3) is 5.91 Å². The van der Waals surface area contributed by atoms with Gasteiger partial charge in [-0.1, -0.05) is 12.7 Å². The number of ether oxygens (including phenoxy) is 1. The lowest BCUT2D eigenvalue weighted by Crippen LogP contribution is -2.17. The van der Waals surface area contributed by atoms with Crippen LogP contribution in [0.4, 0.5) is 0 Å². The minimum absolute atomic E-state index is 0.110. The Morgan fingerprint density at radius 3 is 2.50 bits per heavy atom. The third-order valence-electron chi connectivity index (χ3n) is 2.76. The second-order valence-electron chi connectivity index (χ2n) is 4.41.